The van der Waals surface area contributed by atoms with Crippen LogP contribution in [0, 0.1) is 5.92 Å². The number of rotatable bonds is 5. The van der Waals surface area contributed by atoms with Gasteiger partial charge in [0.2, 0.25) is 0 Å². The third-order valence-corrected chi connectivity index (χ3v) is 3.42. The summed E-state index contributed by atoms with van der Waals surface area (Å²) in [6.07, 6.45) is 8.95. The zero-order chi connectivity index (χ0) is 10.6. The van der Waals surface area contributed by atoms with Gasteiger partial charge in [-0.15, -0.1) is 0 Å². The molecule has 14 heavy (non-hydrogen) atoms. The first-order valence-electron chi connectivity index (χ1n) is 5.76. The van der Waals surface area contributed by atoms with E-state index in [1.165, 1.54) is 32.1 Å². The number of hydrogen-bond donors (Lipinski definition) is 0. The van der Waals surface area contributed by atoms with E-state index in [1.54, 1.807) is 15.0 Å². The average Bonchev–Trinajstić information content (AvgIpc) is 2.41. The predicted octanol–water partition coefficient (Wildman–Crippen LogP) is 4.35. The van der Waals surface area contributed by atoms with Crippen molar-refractivity contribution in [2.24, 2.45) is 5.92 Å². The maximum atomic E-state index is 2.46. The van der Waals surface area contributed by atoms with E-state index in [4.69, 9.17) is 0 Å². The van der Waals surface area contributed by atoms with E-state index in [2.05, 4.69) is 47.3 Å². The standard InChI is InChI=1S/C13H21.Ti/c1-4-5-6-12-7-8-13(10-12)9-11(2)3;/h10-11H,4-6,8-9H2,1-3H3;. The fraction of sp³-hybridized carbons (Fsp3) is 0.692. The van der Waals surface area contributed by atoms with Gasteiger partial charge in [0.25, 0.3) is 0 Å². The van der Waals surface area contributed by atoms with E-state index in [1.807, 2.05) is 0 Å². The third-order valence-electron chi connectivity index (χ3n) is 2.64. The molecule has 0 N–H and O–H groups in total. The van der Waals surface area contributed by atoms with Crippen molar-refractivity contribution in [3.05, 3.63) is 21.1 Å². The van der Waals surface area contributed by atoms with Crippen molar-refractivity contribution >= 4 is 0 Å². The Morgan fingerprint density at radius 1 is 1.43 bits per heavy atom. The van der Waals surface area contributed by atoms with Crippen LogP contribution in [0.2, 0.25) is 0 Å². The van der Waals surface area contributed by atoms with E-state index in [9.17, 15) is 0 Å². The summed E-state index contributed by atoms with van der Waals surface area (Å²) in [7, 11) is 0. The van der Waals surface area contributed by atoms with Crippen LogP contribution in [0.25, 0.3) is 0 Å². The number of allylic oxidation sites excluding steroid dienone is 4. The van der Waals surface area contributed by atoms with Crippen molar-refractivity contribution in [1.82, 2.24) is 0 Å². The number of hydrogen-bond acceptors (Lipinski definition) is 0. The molecule has 0 saturated heterocycles. The van der Waals surface area contributed by atoms with Gasteiger partial charge < -0.3 is 0 Å². The monoisotopic (exact) mass is 225 g/mol. The maximum absolute atomic E-state index is 2.46. The van der Waals surface area contributed by atoms with Gasteiger partial charge in [-0.1, -0.05) is 0 Å². The van der Waals surface area contributed by atoms with Crippen LogP contribution in [0.1, 0.15) is 52.9 Å². The molecule has 0 nitrogen and oxygen atoms in total. The topological polar surface area (TPSA) is 0 Å². The Bertz CT molecular complexity index is 246. The Morgan fingerprint density at radius 2 is 2.14 bits per heavy atom. The summed E-state index contributed by atoms with van der Waals surface area (Å²) in [6, 6.07) is 0. The molecule has 0 bridgehead atoms. The molecule has 0 heterocycles. The summed E-state index contributed by atoms with van der Waals surface area (Å²) >= 11 is 2.30. The van der Waals surface area contributed by atoms with E-state index >= 15 is 0 Å². The molecule has 0 aromatic heterocycles. The van der Waals surface area contributed by atoms with Gasteiger partial charge in [0.15, 0.2) is 0 Å². The molecular formula is C13H21Ti. The van der Waals surface area contributed by atoms with Crippen molar-refractivity contribution in [2.45, 2.75) is 52.9 Å². The summed E-state index contributed by atoms with van der Waals surface area (Å²) in [6.45, 7) is 6.88. The fourth-order valence-electron chi connectivity index (χ4n) is 1.97. The van der Waals surface area contributed by atoms with Gasteiger partial charge in [-0.25, -0.2) is 0 Å². The van der Waals surface area contributed by atoms with Crippen LogP contribution in [0.5, 0.6) is 0 Å². The second-order valence-corrected chi connectivity index (χ2v) is 5.63. The third kappa shape index (κ3) is 3.75. The molecule has 0 aliphatic heterocycles. The van der Waals surface area contributed by atoms with Crippen molar-refractivity contribution < 1.29 is 20.4 Å². The SMILES string of the molecule is CCCCC1=[C]([Ti])CC(CC(C)C)=C1. The molecule has 1 aliphatic rings. The first-order chi connectivity index (χ1) is 6.63. The van der Waals surface area contributed by atoms with Crippen LogP contribution in [-0.2, 0) is 20.4 Å². The minimum absolute atomic E-state index is 0.805. The first kappa shape index (κ1) is 12.3. The van der Waals surface area contributed by atoms with Gasteiger partial charge in [-0.3, -0.25) is 0 Å². The second kappa shape index (κ2) is 5.93. The predicted molar refractivity (Wildman–Crippen MR) is 58.7 cm³/mol. The van der Waals surface area contributed by atoms with Crippen molar-refractivity contribution in [2.75, 3.05) is 0 Å². The molecule has 0 atom stereocenters. The summed E-state index contributed by atoms with van der Waals surface area (Å²) < 4.78 is 1.62. The molecule has 0 amide bonds. The van der Waals surface area contributed by atoms with Crippen LogP contribution in [0.3, 0.4) is 0 Å². The van der Waals surface area contributed by atoms with E-state index in [0.29, 0.717) is 0 Å². The van der Waals surface area contributed by atoms with Crippen LogP contribution >= 0.6 is 0 Å². The van der Waals surface area contributed by atoms with E-state index in [0.717, 1.165) is 5.92 Å². The zero-order valence-corrected chi connectivity index (χ0v) is 11.3. The van der Waals surface area contributed by atoms with E-state index < -0.39 is 0 Å². The van der Waals surface area contributed by atoms with Crippen LogP contribution < -0.4 is 0 Å². The molecule has 0 aromatic carbocycles. The molecule has 0 aromatic rings. The van der Waals surface area contributed by atoms with Gasteiger partial charge in [-0.05, 0) is 0 Å². The van der Waals surface area contributed by atoms with Crippen LogP contribution in [0.4, 0.5) is 0 Å². The summed E-state index contributed by atoms with van der Waals surface area (Å²) in [5.41, 5.74) is 3.28. The zero-order valence-electron chi connectivity index (χ0n) is 9.69. The van der Waals surface area contributed by atoms with Gasteiger partial charge >= 0.3 is 100 Å². The normalized spacial score (nSPS) is 16.6. The number of unbranched alkanes of at least 4 members (excludes halogenated alkanes) is 1. The average molecular weight is 225 g/mol. The summed E-state index contributed by atoms with van der Waals surface area (Å²) in [5.74, 6) is 0.805. The molecule has 1 rings (SSSR count). The van der Waals surface area contributed by atoms with Crippen LogP contribution in [-0.4, -0.2) is 0 Å². The van der Waals surface area contributed by atoms with Crippen LogP contribution in [0.15, 0.2) is 21.1 Å². The van der Waals surface area contributed by atoms with Gasteiger partial charge in [-0.2, -0.15) is 0 Å². The molecule has 1 heteroatoms. The molecule has 0 fully saturated rings. The summed E-state index contributed by atoms with van der Waals surface area (Å²) in [4.78, 5) is 0. The summed E-state index contributed by atoms with van der Waals surface area (Å²) in [5, 5.41) is 0. The Hall–Kier alpha value is 0.194. The fourth-order valence-corrected chi connectivity index (χ4v) is 2.63. The van der Waals surface area contributed by atoms with Crippen molar-refractivity contribution in [3.63, 3.8) is 0 Å². The first-order valence-corrected chi connectivity index (χ1v) is 6.54. The van der Waals surface area contributed by atoms with Gasteiger partial charge in [0.1, 0.15) is 0 Å². The Balaban J connectivity index is 2.48. The molecule has 77 valence electrons. The molecule has 0 saturated carbocycles. The van der Waals surface area contributed by atoms with Crippen molar-refractivity contribution in [1.29, 1.82) is 0 Å². The molecule has 0 spiro atoms. The molecule has 0 unspecified atom stereocenters. The molecule has 0 radical (unpaired) electrons. The van der Waals surface area contributed by atoms with Gasteiger partial charge in [0.05, 0.1) is 0 Å². The quantitative estimate of drug-likeness (QED) is 0.610. The Labute approximate surface area is 100 Å². The second-order valence-electron chi connectivity index (χ2n) is 4.68. The van der Waals surface area contributed by atoms with Crippen molar-refractivity contribution in [3.8, 4) is 0 Å². The Kier molecular flexibility index (Phi) is 5.19. The molecular weight excluding hydrogens is 204 g/mol. The Morgan fingerprint density at radius 3 is 2.71 bits per heavy atom. The van der Waals surface area contributed by atoms with E-state index in [-0.39, 0.29) is 0 Å². The minimum atomic E-state index is 0.805. The molecule has 1 aliphatic carbocycles. The van der Waals surface area contributed by atoms with Gasteiger partial charge in [0, 0.05) is 0 Å².